The Balaban J connectivity index is 3.64. The average Bonchev–Trinajstić information content (AvgIpc) is 2.15. The normalized spacial score (nSPS) is 12.6. The van der Waals surface area contributed by atoms with E-state index in [9.17, 15) is 4.79 Å². The van der Waals surface area contributed by atoms with E-state index < -0.39 is 0 Å². The van der Waals surface area contributed by atoms with Gasteiger partial charge in [0, 0.05) is 5.57 Å². The smallest absolute Gasteiger partial charge is 0.333 e. The van der Waals surface area contributed by atoms with Gasteiger partial charge in [-0.3, -0.25) is 0 Å². The summed E-state index contributed by atoms with van der Waals surface area (Å²) in [6.07, 6.45) is 1.60. The largest absolute Gasteiger partial charge is 0.462 e. The summed E-state index contributed by atoms with van der Waals surface area (Å²) in [5, 5.41) is 0. The molecule has 14 heavy (non-hydrogen) atoms. The van der Waals surface area contributed by atoms with Gasteiger partial charge in [0.2, 0.25) is 0 Å². The number of hydrogen-bond acceptors (Lipinski definition) is 2. The Morgan fingerprint density at radius 1 is 1.36 bits per heavy atom. The van der Waals surface area contributed by atoms with Crippen LogP contribution in [0.4, 0.5) is 0 Å². The summed E-state index contributed by atoms with van der Waals surface area (Å²) in [4.78, 5) is 11.2. The predicted molar refractivity (Wildman–Crippen MR) is 59.0 cm³/mol. The molecule has 0 aromatic rings. The number of carbonyl (C=O) groups excluding carboxylic acids is 1. The van der Waals surface area contributed by atoms with Crippen LogP contribution in [0.3, 0.4) is 0 Å². The van der Waals surface area contributed by atoms with Gasteiger partial charge in [-0.25, -0.2) is 4.79 Å². The third kappa shape index (κ3) is 5.05. The molecule has 0 aliphatic rings. The van der Waals surface area contributed by atoms with Crippen molar-refractivity contribution in [1.82, 2.24) is 0 Å². The van der Waals surface area contributed by atoms with Crippen molar-refractivity contribution < 1.29 is 9.53 Å². The molecule has 0 aromatic carbocycles. The third-order valence-corrected chi connectivity index (χ3v) is 2.66. The molecule has 82 valence electrons. The van der Waals surface area contributed by atoms with Crippen molar-refractivity contribution in [3.63, 3.8) is 0 Å². The fourth-order valence-electron chi connectivity index (χ4n) is 0.917. The highest BCUT2D eigenvalue weighted by molar-refractivity contribution is 5.87. The molecule has 0 rings (SSSR count). The van der Waals surface area contributed by atoms with E-state index in [1.165, 1.54) is 0 Å². The van der Waals surface area contributed by atoms with Gasteiger partial charge in [-0.2, -0.15) is 0 Å². The first kappa shape index (κ1) is 13.2. The van der Waals surface area contributed by atoms with Gasteiger partial charge in [0.05, 0.1) is 6.61 Å². The first-order valence-electron chi connectivity index (χ1n) is 5.33. The molecule has 2 nitrogen and oxygen atoms in total. The Kier molecular flexibility index (Phi) is 6.26. The van der Waals surface area contributed by atoms with E-state index in [4.69, 9.17) is 4.74 Å². The summed E-state index contributed by atoms with van der Waals surface area (Å²) in [6, 6.07) is 0. The molecule has 0 saturated heterocycles. The highest BCUT2D eigenvalue weighted by Crippen LogP contribution is 2.14. The van der Waals surface area contributed by atoms with E-state index in [-0.39, 0.29) is 5.97 Å². The number of hydrogen-bond donors (Lipinski definition) is 0. The lowest BCUT2D eigenvalue weighted by molar-refractivity contribution is -0.139. The fraction of sp³-hybridized carbons (Fsp3) is 0.750. The summed E-state index contributed by atoms with van der Waals surface area (Å²) in [6.45, 7) is 12.6. The molecule has 1 unspecified atom stereocenters. The van der Waals surface area contributed by atoms with Crippen molar-refractivity contribution in [2.75, 3.05) is 6.61 Å². The second-order valence-electron chi connectivity index (χ2n) is 4.10. The highest BCUT2D eigenvalue weighted by atomic mass is 16.5. The minimum atomic E-state index is -0.247. The maximum Gasteiger partial charge on any atom is 0.333 e. The van der Waals surface area contributed by atoms with Gasteiger partial charge >= 0.3 is 5.97 Å². The van der Waals surface area contributed by atoms with Crippen LogP contribution in [0.1, 0.15) is 40.5 Å². The van der Waals surface area contributed by atoms with Crippen LogP contribution >= 0.6 is 0 Å². The van der Waals surface area contributed by atoms with Crippen LogP contribution in [-0.2, 0) is 9.53 Å². The van der Waals surface area contributed by atoms with Crippen LogP contribution in [0, 0.1) is 11.8 Å². The summed E-state index contributed by atoms with van der Waals surface area (Å²) >= 11 is 0. The van der Waals surface area contributed by atoms with Crippen LogP contribution in [0.2, 0.25) is 0 Å². The summed E-state index contributed by atoms with van der Waals surface area (Å²) in [5.74, 6) is 0.990. The summed E-state index contributed by atoms with van der Waals surface area (Å²) < 4.78 is 5.08. The molecule has 0 radical (unpaired) electrons. The lowest BCUT2D eigenvalue weighted by atomic mass is 9.95. The van der Waals surface area contributed by atoms with Gasteiger partial charge < -0.3 is 4.74 Å². The molecule has 0 saturated carbocycles. The number of carbonyl (C=O) groups is 1. The van der Waals surface area contributed by atoms with Gasteiger partial charge in [-0.05, 0) is 24.7 Å². The summed E-state index contributed by atoms with van der Waals surface area (Å²) in [7, 11) is 0. The van der Waals surface area contributed by atoms with Crippen LogP contribution in [0.25, 0.3) is 0 Å². The summed E-state index contributed by atoms with van der Waals surface area (Å²) in [5.41, 5.74) is 0.558. The zero-order valence-electron chi connectivity index (χ0n) is 9.80. The Bertz CT molecular complexity index is 194. The Hall–Kier alpha value is -0.790. The lowest BCUT2D eigenvalue weighted by Crippen LogP contribution is -2.12. The van der Waals surface area contributed by atoms with Crippen LogP contribution < -0.4 is 0 Å². The van der Waals surface area contributed by atoms with E-state index in [2.05, 4.69) is 27.4 Å². The molecule has 1 atom stereocenters. The van der Waals surface area contributed by atoms with Crippen LogP contribution in [0.5, 0.6) is 0 Å². The molecule has 2 heteroatoms. The molecular weight excluding hydrogens is 176 g/mol. The average molecular weight is 198 g/mol. The second kappa shape index (κ2) is 6.63. The van der Waals surface area contributed by atoms with Crippen LogP contribution in [0.15, 0.2) is 12.2 Å². The first-order chi connectivity index (χ1) is 6.49. The van der Waals surface area contributed by atoms with E-state index in [1.54, 1.807) is 0 Å². The van der Waals surface area contributed by atoms with Gasteiger partial charge in [0.25, 0.3) is 0 Å². The number of esters is 1. The minimum absolute atomic E-state index is 0.247. The monoisotopic (exact) mass is 198 g/mol. The molecular formula is C12H22O2. The van der Waals surface area contributed by atoms with Crippen molar-refractivity contribution in [3.8, 4) is 0 Å². The second-order valence-corrected chi connectivity index (χ2v) is 4.10. The van der Waals surface area contributed by atoms with Crippen molar-refractivity contribution in [3.05, 3.63) is 12.2 Å². The molecule has 0 bridgehead atoms. The molecule has 0 aliphatic carbocycles. The molecule has 0 N–H and O–H groups in total. The van der Waals surface area contributed by atoms with E-state index in [1.807, 2.05) is 6.92 Å². The van der Waals surface area contributed by atoms with Gasteiger partial charge in [-0.15, -0.1) is 0 Å². The van der Waals surface area contributed by atoms with Gasteiger partial charge in [0.1, 0.15) is 0 Å². The molecule has 0 spiro atoms. The Morgan fingerprint density at radius 2 is 1.93 bits per heavy atom. The van der Waals surface area contributed by atoms with E-state index >= 15 is 0 Å². The van der Waals surface area contributed by atoms with E-state index in [0.29, 0.717) is 30.4 Å². The Labute approximate surface area is 87.3 Å². The van der Waals surface area contributed by atoms with Crippen molar-refractivity contribution in [2.24, 2.45) is 11.8 Å². The number of ether oxygens (including phenoxy) is 1. The third-order valence-electron chi connectivity index (χ3n) is 2.66. The van der Waals surface area contributed by atoms with Gasteiger partial charge in [0.15, 0.2) is 0 Å². The molecule has 0 aliphatic heterocycles. The van der Waals surface area contributed by atoms with Crippen molar-refractivity contribution in [2.45, 2.75) is 40.5 Å². The molecule has 0 aromatic heterocycles. The lowest BCUT2D eigenvalue weighted by Gasteiger charge is -2.15. The standard InChI is InChI=1S/C12H22O2/c1-6-10(4)12(13)14-8-7-11(5)9(2)3/h9,11H,4,6-8H2,1-3,5H3. The van der Waals surface area contributed by atoms with Crippen LogP contribution in [-0.4, -0.2) is 12.6 Å². The molecule has 0 amide bonds. The van der Waals surface area contributed by atoms with Crippen molar-refractivity contribution in [1.29, 1.82) is 0 Å². The molecule has 0 heterocycles. The first-order valence-corrected chi connectivity index (χ1v) is 5.33. The minimum Gasteiger partial charge on any atom is -0.462 e. The zero-order valence-corrected chi connectivity index (χ0v) is 9.80. The fourth-order valence-corrected chi connectivity index (χ4v) is 0.917. The highest BCUT2D eigenvalue weighted by Gasteiger charge is 2.09. The molecule has 0 fully saturated rings. The predicted octanol–water partition coefficient (Wildman–Crippen LogP) is 3.18. The van der Waals surface area contributed by atoms with Crippen molar-refractivity contribution >= 4 is 5.97 Å². The van der Waals surface area contributed by atoms with Gasteiger partial charge in [-0.1, -0.05) is 34.3 Å². The maximum atomic E-state index is 11.2. The van der Waals surface area contributed by atoms with E-state index in [0.717, 1.165) is 6.42 Å². The quantitative estimate of drug-likeness (QED) is 0.484. The SMILES string of the molecule is C=C(CC)C(=O)OCCC(C)C(C)C. The topological polar surface area (TPSA) is 26.3 Å². The number of rotatable bonds is 6. The Morgan fingerprint density at radius 3 is 2.36 bits per heavy atom. The zero-order chi connectivity index (χ0) is 11.1. The maximum absolute atomic E-state index is 11.2.